The van der Waals surface area contributed by atoms with Gasteiger partial charge < -0.3 is 10.0 Å². The molecule has 7 heteroatoms. The van der Waals surface area contributed by atoms with Crippen molar-refractivity contribution >= 4 is 11.9 Å². The summed E-state index contributed by atoms with van der Waals surface area (Å²) in [6.07, 6.45) is 8.89. The molecule has 0 spiro atoms. The lowest BCUT2D eigenvalue weighted by Crippen LogP contribution is -2.47. The predicted octanol–water partition coefficient (Wildman–Crippen LogP) is 1.40. The molecule has 23 heavy (non-hydrogen) atoms. The van der Waals surface area contributed by atoms with E-state index in [1.54, 1.807) is 9.58 Å². The topological polar surface area (TPSA) is 88.3 Å². The van der Waals surface area contributed by atoms with Gasteiger partial charge in [-0.3, -0.25) is 4.79 Å². The van der Waals surface area contributed by atoms with E-state index in [2.05, 4.69) is 10.3 Å². The molecule has 1 saturated heterocycles. The van der Waals surface area contributed by atoms with Crippen LogP contribution in [0.2, 0.25) is 0 Å². The Labute approximate surface area is 134 Å². The number of hydrogen-bond acceptors (Lipinski definition) is 4. The van der Waals surface area contributed by atoms with Crippen molar-refractivity contribution in [1.82, 2.24) is 19.9 Å². The van der Waals surface area contributed by atoms with Gasteiger partial charge in [0.1, 0.15) is 12.6 Å². The van der Waals surface area contributed by atoms with Gasteiger partial charge in [0, 0.05) is 18.2 Å². The number of carbonyl (C=O) groups excluding carboxylic acids is 1. The molecule has 1 amide bonds. The van der Waals surface area contributed by atoms with E-state index < -0.39 is 12.0 Å². The zero-order valence-electron chi connectivity index (χ0n) is 13.1. The standard InChI is InChI=1S/C16H22N4O3/c21-15(9-19-8-12(17-18-19)10-5-6-10)20-13-4-2-1-3-11(13)7-14(20)16(22)23/h8,10-11,13-14H,1-7,9H2,(H,22,23)/t11-,13+,14-/m0/s1. The minimum atomic E-state index is -0.884. The van der Waals surface area contributed by atoms with Crippen LogP contribution in [-0.4, -0.2) is 49.0 Å². The van der Waals surface area contributed by atoms with Gasteiger partial charge in [-0.25, -0.2) is 9.48 Å². The molecule has 124 valence electrons. The highest BCUT2D eigenvalue weighted by Gasteiger charge is 2.47. The second kappa shape index (κ2) is 5.62. The molecule has 2 heterocycles. The van der Waals surface area contributed by atoms with Crippen molar-refractivity contribution in [2.75, 3.05) is 0 Å². The Morgan fingerprint density at radius 3 is 2.74 bits per heavy atom. The third-order valence-electron chi connectivity index (χ3n) is 5.51. The van der Waals surface area contributed by atoms with Gasteiger partial charge in [0.15, 0.2) is 0 Å². The van der Waals surface area contributed by atoms with E-state index in [4.69, 9.17) is 0 Å². The molecular weight excluding hydrogens is 296 g/mol. The molecule has 0 aromatic carbocycles. The summed E-state index contributed by atoms with van der Waals surface area (Å²) < 4.78 is 1.56. The summed E-state index contributed by atoms with van der Waals surface area (Å²) in [6.45, 7) is 0.0900. The zero-order chi connectivity index (χ0) is 16.0. The monoisotopic (exact) mass is 318 g/mol. The second-order valence-electron chi connectivity index (χ2n) is 7.12. The first kappa shape index (κ1) is 14.7. The first-order valence-electron chi connectivity index (χ1n) is 8.57. The summed E-state index contributed by atoms with van der Waals surface area (Å²) in [7, 11) is 0. The number of hydrogen-bond donors (Lipinski definition) is 1. The molecular formula is C16H22N4O3. The Morgan fingerprint density at radius 1 is 1.22 bits per heavy atom. The highest BCUT2D eigenvalue weighted by atomic mass is 16.4. The molecule has 3 fully saturated rings. The van der Waals surface area contributed by atoms with Gasteiger partial charge in [-0.05, 0) is 38.0 Å². The van der Waals surface area contributed by atoms with Crippen LogP contribution in [0.1, 0.15) is 56.6 Å². The minimum Gasteiger partial charge on any atom is -0.480 e. The molecule has 3 atom stereocenters. The van der Waals surface area contributed by atoms with Gasteiger partial charge in [0.05, 0.1) is 5.69 Å². The molecule has 2 aliphatic carbocycles. The van der Waals surface area contributed by atoms with E-state index in [1.807, 2.05) is 6.20 Å². The Morgan fingerprint density at radius 2 is 2.00 bits per heavy atom. The molecule has 4 rings (SSSR count). The van der Waals surface area contributed by atoms with Crippen molar-refractivity contribution in [3.8, 4) is 0 Å². The molecule has 0 radical (unpaired) electrons. The largest absolute Gasteiger partial charge is 0.480 e. The molecule has 1 aromatic rings. The van der Waals surface area contributed by atoms with Crippen LogP contribution >= 0.6 is 0 Å². The smallest absolute Gasteiger partial charge is 0.326 e. The molecule has 3 aliphatic rings. The number of amides is 1. The van der Waals surface area contributed by atoms with Crippen molar-refractivity contribution in [3.05, 3.63) is 11.9 Å². The number of carboxylic acid groups (broad SMARTS) is 1. The quantitative estimate of drug-likeness (QED) is 0.906. The molecule has 1 N–H and O–H groups in total. The summed E-state index contributed by atoms with van der Waals surface area (Å²) in [4.78, 5) is 26.0. The fourth-order valence-corrected chi connectivity index (χ4v) is 4.22. The van der Waals surface area contributed by atoms with Gasteiger partial charge in [0.25, 0.3) is 0 Å². The van der Waals surface area contributed by atoms with E-state index in [0.29, 0.717) is 18.3 Å². The number of fused-ring (bicyclic) bond motifs is 1. The normalized spacial score (nSPS) is 30.3. The second-order valence-corrected chi connectivity index (χ2v) is 7.12. The number of carboxylic acids is 1. The fourth-order valence-electron chi connectivity index (χ4n) is 4.22. The van der Waals surface area contributed by atoms with Crippen molar-refractivity contribution in [2.24, 2.45) is 5.92 Å². The summed E-state index contributed by atoms with van der Waals surface area (Å²) in [5.74, 6) is -0.184. The van der Waals surface area contributed by atoms with E-state index in [-0.39, 0.29) is 18.5 Å². The highest BCUT2D eigenvalue weighted by Crippen LogP contribution is 2.40. The van der Waals surface area contributed by atoms with E-state index >= 15 is 0 Å². The van der Waals surface area contributed by atoms with Crippen LogP contribution < -0.4 is 0 Å². The number of aliphatic carboxylic acids is 1. The molecule has 1 aromatic heterocycles. The number of carbonyl (C=O) groups is 2. The maximum Gasteiger partial charge on any atom is 0.326 e. The first-order chi connectivity index (χ1) is 11.1. The van der Waals surface area contributed by atoms with E-state index in [0.717, 1.165) is 44.2 Å². The van der Waals surface area contributed by atoms with Crippen molar-refractivity contribution < 1.29 is 14.7 Å². The Balaban J connectivity index is 1.50. The van der Waals surface area contributed by atoms with Crippen LogP contribution in [0.15, 0.2) is 6.20 Å². The molecule has 0 unspecified atom stereocenters. The minimum absolute atomic E-state index is 0.0868. The van der Waals surface area contributed by atoms with Crippen LogP contribution in [0.4, 0.5) is 0 Å². The van der Waals surface area contributed by atoms with E-state index in [9.17, 15) is 14.7 Å². The lowest BCUT2D eigenvalue weighted by Gasteiger charge is -2.32. The average molecular weight is 318 g/mol. The number of likely N-dealkylation sites (tertiary alicyclic amines) is 1. The van der Waals surface area contributed by atoms with Gasteiger partial charge >= 0.3 is 5.97 Å². The molecule has 7 nitrogen and oxygen atoms in total. The summed E-state index contributed by atoms with van der Waals surface area (Å²) in [5, 5.41) is 17.7. The lowest BCUT2D eigenvalue weighted by molar-refractivity contribution is -0.150. The number of rotatable bonds is 4. The SMILES string of the molecule is O=C(O)[C@@H]1C[C@@H]2CCCC[C@H]2N1C(=O)Cn1cc(C2CC2)nn1. The van der Waals surface area contributed by atoms with Crippen LogP contribution in [0.25, 0.3) is 0 Å². The number of nitrogens with zero attached hydrogens (tertiary/aromatic N) is 4. The van der Waals surface area contributed by atoms with Crippen LogP contribution in [0, 0.1) is 5.92 Å². The Kier molecular flexibility index (Phi) is 3.58. The third-order valence-corrected chi connectivity index (χ3v) is 5.51. The Hall–Kier alpha value is -1.92. The lowest BCUT2D eigenvalue weighted by atomic mass is 9.85. The van der Waals surface area contributed by atoms with Crippen LogP contribution in [-0.2, 0) is 16.1 Å². The first-order valence-corrected chi connectivity index (χ1v) is 8.57. The van der Waals surface area contributed by atoms with Gasteiger partial charge in [-0.15, -0.1) is 5.10 Å². The van der Waals surface area contributed by atoms with Gasteiger partial charge in [-0.2, -0.15) is 0 Å². The van der Waals surface area contributed by atoms with Gasteiger partial charge in [-0.1, -0.05) is 18.1 Å². The summed E-state index contributed by atoms with van der Waals surface area (Å²) in [6, 6.07) is -0.592. The average Bonchev–Trinajstić information content (AvgIpc) is 3.15. The fraction of sp³-hybridized carbons (Fsp3) is 0.750. The molecule has 1 aliphatic heterocycles. The predicted molar refractivity (Wildman–Crippen MR) is 80.6 cm³/mol. The molecule has 2 saturated carbocycles. The van der Waals surface area contributed by atoms with Crippen molar-refractivity contribution in [1.29, 1.82) is 0 Å². The third kappa shape index (κ3) is 2.72. The number of aromatic nitrogens is 3. The maximum absolute atomic E-state index is 12.8. The Bertz CT molecular complexity index is 625. The highest BCUT2D eigenvalue weighted by molar-refractivity contribution is 5.84. The zero-order valence-corrected chi connectivity index (χ0v) is 13.1. The van der Waals surface area contributed by atoms with Crippen LogP contribution in [0.5, 0.6) is 0 Å². The van der Waals surface area contributed by atoms with Gasteiger partial charge in [0.2, 0.25) is 5.91 Å². The summed E-state index contributed by atoms with van der Waals surface area (Å²) >= 11 is 0. The summed E-state index contributed by atoms with van der Waals surface area (Å²) in [5.41, 5.74) is 0.949. The molecule has 0 bridgehead atoms. The van der Waals surface area contributed by atoms with E-state index in [1.165, 1.54) is 0 Å². The van der Waals surface area contributed by atoms with Crippen molar-refractivity contribution in [2.45, 2.75) is 69.5 Å². The van der Waals surface area contributed by atoms with Crippen molar-refractivity contribution in [3.63, 3.8) is 0 Å². The van der Waals surface area contributed by atoms with Crippen LogP contribution in [0.3, 0.4) is 0 Å². The maximum atomic E-state index is 12.8.